The van der Waals surface area contributed by atoms with Crippen LogP contribution in [0.15, 0.2) is 24.3 Å². The summed E-state index contributed by atoms with van der Waals surface area (Å²) in [5.41, 5.74) is 0.780. The molecule has 126 valence electrons. The lowest BCUT2D eigenvalue weighted by atomic mass is 10.1. The Morgan fingerprint density at radius 3 is 2.78 bits per heavy atom. The molecule has 0 bridgehead atoms. The fraction of sp³-hybridized carbons (Fsp3) is 0.467. The van der Waals surface area contributed by atoms with Crippen LogP contribution in [0.3, 0.4) is 0 Å². The third-order valence-corrected chi connectivity index (χ3v) is 3.90. The van der Waals surface area contributed by atoms with Gasteiger partial charge >= 0.3 is 6.18 Å². The second-order valence-corrected chi connectivity index (χ2v) is 6.01. The van der Waals surface area contributed by atoms with E-state index in [4.69, 9.17) is 11.6 Å². The first-order valence-corrected chi connectivity index (χ1v) is 7.44. The van der Waals surface area contributed by atoms with Crippen LogP contribution in [0.4, 0.5) is 13.2 Å². The van der Waals surface area contributed by atoms with Gasteiger partial charge in [0.25, 0.3) is 0 Å². The van der Waals surface area contributed by atoms with Crippen LogP contribution < -0.4 is 5.32 Å². The minimum absolute atomic E-state index is 0.204. The highest BCUT2D eigenvalue weighted by Gasteiger charge is 2.40. The maximum atomic E-state index is 12.4. The van der Waals surface area contributed by atoms with Gasteiger partial charge in [0, 0.05) is 18.0 Å². The lowest BCUT2D eigenvalue weighted by molar-refractivity contribution is -0.157. The smallest absolute Gasteiger partial charge is 0.349 e. The topological polar surface area (TPSA) is 49.4 Å². The van der Waals surface area contributed by atoms with Crippen molar-refractivity contribution in [3.05, 3.63) is 34.9 Å². The zero-order valence-corrected chi connectivity index (χ0v) is 13.1. The number of nitrogens with zero attached hydrogens (tertiary/aromatic N) is 1. The van der Waals surface area contributed by atoms with Gasteiger partial charge in [-0.15, -0.1) is 0 Å². The lowest BCUT2D eigenvalue weighted by Crippen LogP contribution is -2.37. The normalized spacial score (nSPS) is 19.8. The molecule has 2 rings (SSSR count). The van der Waals surface area contributed by atoms with Crippen LogP contribution in [0.2, 0.25) is 5.02 Å². The summed E-state index contributed by atoms with van der Waals surface area (Å²) in [4.78, 5) is 24.4. The quantitative estimate of drug-likeness (QED) is 0.909. The van der Waals surface area contributed by atoms with Crippen LogP contribution in [-0.2, 0) is 9.59 Å². The molecule has 0 saturated carbocycles. The van der Waals surface area contributed by atoms with E-state index < -0.39 is 30.5 Å². The van der Waals surface area contributed by atoms with Crippen molar-refractivity contribution in [2.75, 3.05) is 13.1 Å². The van der Waals surface area contributed by atoms with E-state index in [9.17, 15) is 22.8 Å². The van der Waals surface area contributed by atoms with Crippen LogP contribution in [0.25, 0.3) is 0 Å². The summed E-state index contributed by atoms with van der Waals surface area (Å²) in [6.07, 6.45) is -4.67. The SMILES string of the molecule is C[C@H](NC(=O)[C@H]1CC(=O)N(CC(F)(F)F)C1)c1cccc(Cl)c1. The van der Waals surface area contributed by atoms with E-state index in [0.29, 0.717) is 9.92 Å². The van der Waals surface area contributed by atoms with Gasteiger partial charge in [0.05, 0.1) is 12.0 Å². The Kier molecular flexibility index (Phi) is 5.19. The Morgan fingerprint density at radius 1 is 1.48 bits per heavy atom. The van der Waals surface area contributed by atoms with Gasteiger partial charge in [-0.2, -0.15) is 13.2 Å². The van der Waals surface area contributed by atoms with Crippen molar-refractivity contribution in [2.45, 2.75) is 25.6 Å². The predicted molar refractivity (Wildman–Crippen MR) is 78.8 cm³/mol. The average Bonchev–Trinajstić information content (AvgIpc) is 2.78. The number of hydrogen-bond acceptors (Lipinski definition) is 2. The van der Waals surface area contributed by atoms with E-state index in [1.165, 1.54) is 0 Å². The molecular weight excluding hydrogens is 333 g/mol. The van der Waals surface area contributed by atoms with E-state index in [2.05, 4.69) is 5.32 Å². The number of benzene rings is 1. The number of rotatable bonds is 4. The summed E-state index contributed by atoms with van der Waals surface area (Å²) in [5.74, 6) is -1.86. The third-order valence-electron chi connectivity index (χ3n) is 3.66. The van der Waals surface area contributed by atoms with Gasteiger partial charge in [-0.05, 0) is 24.6 Å². The molecule has 23 heavy (non-hydrogen) atoms. The average molecular weight is 349 g/mol. The highest BCUT2D eigenvalue weighted by molar-refractivity contribution is 6.30. The third kappa shape index (κ3) is 4.86. The van der Waals surface area contributed by atoms with Crippen molar-refractivity contribution in [3.63, 3.8) is 0 Å². The molecule has 0 unspecified atom stereocenters. The van der Waals surface area contributed by atoms with E-state index >= 15 is 0 Å². The minimum Gasteiger partial charge on any atom is -0.349 e. The first-order valence-electron chi connectivity index (χ1n) is 7.06. The Balaban J connectivity index is 1.95. The van der Waals surface area contributed by atoms with Crippen molar-refractivity contribution in [1.82, 2.24) is 10.2 Å². The maximum Gasteiger partial charge on any atom is 0.406 e. The molecule has 0 aliphatic carbocycles. The first-order chi connectivity index (χ1) is 10.7. The fourth-order valence-electron chi connectivity index (χ4n) is 2.51. The van der Waals surface area contributed by atoms with E-state index in [1.807, 2.05) is 0 Å². The van der Waals surface area contributed by atoms with Crippen molar-refractivity contribution in [1.29, 1.82) is 0 Å². The van der Waals surface area contributed by atoms with Crippen molar-refractivity contribution >= 4 is 23.4 Å². The predicted octanol–water partition coefficient (Wildman–Crippen LogP) is 2.93. The number of carbonyl (C=O) groups excluding carboxylic acids is 2. The van der Waals surface area contributed by atoms with Crippen LogP contribution in [0.1, 0.15) is 24.9 Å². The molecule has 1 heterocycles. The standard InChI is InChI=1S/C15H16ClF3N2O2/c1-9(10-3-2-4-12(16)5-10)20-14(23)11-6-13(22)21(7-11)8-15(17,18)19/h2-5,9,11H,6-8H2,1H3,(H,20,23)/t9-,11-/m0/s1. The molecule has 2 atom stereocenters. The van der Waals surface area contributed by atoms with Crippen LogP contribution in [0, 0.1) is 5.92 Å². The molecular formula is C15H16ClF3N2O2. The Labute approximate surface area is 136 Å². The molecule has 8 heteroatoms. The summed E-state index contributed by atoms with van der Waals surface area (Å²) in [6, 6.07) is 6.57. The van der Waals surface area contributed by atoms with E-state index in [1.54, 1.807) is 31.2 Å². The first kappa shape index (κ1) is 17.6. The number of likely N-dealkylation sites (tertiary alicyclic amines) is 1. The van der Waals surface area contributed by atoms with Gasteiger partial charge in [-0.1, -0.05) is 23.7 Å². The zero-order valence-electron chi connectivity index (χ0n) is 12.4. The lowest BCUT2D eigenvalue weighted by Gasteiger charge is -2.19. The number of alkyl halides is 3. The summed E-state index contributed by atoms with van der Waals surface area (Å²) >= 11 is 5.88. The van der Waals surface area contributed by atoms with Gasteiger partial charge in [0.2, 0.25) is 11.8 Å². The molecule has 0 aromatic heterocycles. The summed E-state index contributed by atoms with van der Waals surface area (Å²) in [5, 5.41) is 3.24. The number of nitrogens with one attached hydrogen (secondary N) is 1. The Morgan fingerprint density at radius 2 is 2.17 bits per heavy atom. The highest BCUT2D eigenvalue weighted by atomic mass is 35.5. The molecule has 1 N–H and O–H groups in total. The number of hydrogen-bond donors (Lipinski definition) is 1. The number of amides is 2. The number of halogens is 4. The van der Waals surface area contributed by atoms with Gasteiger partial charge in [-0.3, -0.25) is 9.59 Å². The van der Waals surface area contributed by atoms with Crippen molar-refractivity contribution < 1.29 is 22.8 Å². The zero-order chi connectivity index (χ0) is 17.2. The second kappa shape index (κ2) is 6.78. The number of carbonyl (C=O) groups is 2. The van der Waals surface area contributed by atoms with E-state index in [-0.39, 0.29) is 19.0 Å². The Hall–Kier alpha value is -1.76. The molecule has 1 fully saturated rings. The highest BCUT2D eigenvalue weighted by Crippen LogP contribution is 2.25. The van der Waals surface area contributed by atoms with Crippen LogP contribution in [0.5, 0.6) is 0 Å². The molecule has 0 spiro atoms. The molecule has 1 aliphatic heterocycles. The summed E-state index contributed by atoms with van der Waals surface area (Å²) in [7, 11) is 0. The van der Waals surface area contributed by atoms with Crippen molar-refractivity contribution in [3.8, 4) is 0 Å². The van der Waals surface area contributed by atoms with E-state index in [0.717, 1.165) is 5.56 Å². The maximum absolute atomic E-state index is 12.4. The molecule has 2 amide bonds. The van der Waals surface area contributed by atoms with Crippen LogP contribution in [-0.4, -0.2) is 36.0 Å². The fourth-order valence-corrected chi connectivity index (χ4v) is 2.71. The molecule has 0 radical (unpaired) electrons. The molecule has 1 aliphatic rings. The summed E-state index contributed by atoms with van der Waals surface area (Å²) in [6.45, 7) is 0.208. The second-order valence-electron chi connectivity index (χ2n) is 5.58. The van der Waals surface area contributed by atoms with Gasteiger partial charge in [0.15, 0.2) is 0 Å². The van der Waals surface area contributed by atoms with Crippen LogP contribution >= 0.6 is 11.6 Å². The molecule has 1 aromatic carbocycles. The minimum atomic E-state index is -4.46. The monoisotopic (exact) mass is 348 g/mol. The molecule has 4 nitrogen and oxygen atoms in total. The molecule has 1 aromatic rings. The van der Waals surface area contributed by atoms with Gasteiger partial charge < -0.3 is 10.2 Å². The summed E-state index contributed by atoms with van der Waals surface area (Å²) < 4.78 is 37.1. The largest absolute Gasteiger partial charge is 0.406 e. The van der Waals surface area contributed by atoms with Crippen molar-refractivity contribution in [2.24, 2.45) is 5.92 Å². The Bertz CT molecular complexity index is 607. The van der Waals surface area contributed by atoms with Gasteiger partial charge in [-0.25, -0.2) is 0 Å². The van der Waals surface area contributed by atoms with Gasteiger partial charge in [0.1, 0.15) is 6.54 Å². The molecule has 1 saturated heterocycles.